The minimum Gasteiger partial charge on any atom is -0.280 e. The average molecular weight is 330 g/mol. The van der Waals surface area contributed by atoms with Crippen molar-refractivity contribution < 1.29 is 16.8 Å². The first kappa shape index (κ1) is 15.5. The number of anilines is 1. The topological polar surface area (TPSA) is 135 Å². The second-order valence-electron chi connectivity index (χ2n) is 4.26. The van der Waals surface area contributed by atoms with E-state index < -0.39 is 20.0 Å². The van der Waals surface area contributed by atoms with Crippen LogP contribution < -0.4 is 9.86 Å². The van der Waals surface area contributed by atoms with E-state index in [1.807, 2.05) is 6.92 Å². The standard InChI is InChI=1S/C11H14N4O4S2/c1-2-8-6-11(14-13-8)15-21(18,19)10-5-3-4-9(7-10)20(12,16)17/h3-7H,2H2,1H3,(H2,12,16,17)(H2,13,14,15). The maximum absolute atomic E-state index is 12.2. The van der Waals surface area contributed by atoms with Gasteiger partial charge in [-0.15, -0.1) is 0 Å². The molecule has 2 aromatic rings. The number of aromatic nitrogens is 2. The van der Waals surface area contributed by atoms with Gasteiger partial charge in [0, 0.05) is 11.8 Å². The normalized spacial score (nSPS) is 12.3. The third-order valence-electron chi connectivity index (χ3n) is 2.70. The number of hydrogen-bond acceptors (Lipinski definition) is 5. The summed E-state index contributed by atoms with van der Waals surface area (Å²) in [6, 6.07) is 6.34. The molecule has 0 radical (unpaired) electrons. The van der Waals surface area contributed by atoms with Crippen LogP contribution in [0.5, 0.6) is 0 Å². The van der Waals surface area contributed by atoms with Crippen molar-refractivity contribution in [2.24, 2.45) is 5.14 Å². The Bertz CT molecular complexity index is 856. The minimum atomic E-state index is -3.97. The fourth-order valence-electron chi connectivity index (χ4n) is 1.61. The van der Waals surface area contributed by atoms with E-state index in [0.717, 1.165) is 11.8 Å². The van der Waals surface area contributed by atoms with Crippen molar-refractivity contribution >= 4 is 25.9 Å². The number of nitrogens with zero attached hydrogens (tertiary/aromatic N) is 1. The Morgan fingerprint density at radius 1 is 1.19 bits per heavy atom. The number of sulfonamides is 2. The Hall–Kier alpha value is -1.91. The number of aryl methyl sites for hydroxylation is 1. The molecular weight excluding hydrogens is 316 g/mol. The average Bonchev–Trinajstić information content (AvgIpc) is 2.85. The summed E-state index contributed by atoms with van der Waals surface area (Å²) in [6.07, 6.45) is 0.676. The summed E-state index contributed by atoms with van der Waals surface area (Å²) in [5, 5.41) is 11.5. The number of benzene rings is 1. The lowest BCUT2D eigenvalue weighted by molar-refractivity contribution is 0.597. The zero-order valence-corrected chi connectivity index (χ0v) is 12.7. The van der Waals surface area contributed by atoms with Gasteiger partial charge < -0.3 is 0 Å². The summed E-state index contributed by atoms with van der Waals surface area (Å²) < 4.78 is 49.1. The molecule has 0 fully saturated rings. The largest absolute Gasteiger partial charge is 0.280 e. The van der Waals surface area contributed by atoms with E-state index in [0.29, 0.717) is 6.42 Å². The van der Waals surface area contributed by atoms with Crippen molar-refractivity contribution in [3.8, 4) is 0 Å². The fourth-order valence-corrected chi connectivity index (χ4v) is 3.28. The lowest BCUT2D eigenvalue weighted by atomic mass is 10.3. The van der Waals surface area contributed by atoms with Crippen LogP contribution in [-0.4, -0.2) is 27.0 Å². The van der Waals surface area contributed by atoms with Gasteiger partial charge in [-0.3, -0.25) is 9.82 Å². The van der Waals surface area contributed by atoms with Crippen LogP contribution in [0.1, 0.15) is 12.6 Å². The SMILES string of the molecule is CCc1cc(NS(=O)(=O)c2cccc(S(N)(=O)=O)c2)n[nH]1. The molecule has 1 heterocycles. The first-order valence-electron chi connectivity index (χ1n) is 5.92. The summed E-state index contributed by atoms with van der Waals surface area (Å²) >= 11 is 0. The molecule has 0 aliphatic carbocycles. The molecule has 1 aromatic carbocycles. The Kier molecular flexibility index (Phi) is 4.03. The Morgan fingerprint density at radius 3 is 2.43 bits per heavy atom. The zero-order chi connectivity index (χ0) is 15.7. The van der Waals surface area contributed by atoms with Gasteiger partial charge in [0.25, 0.3) is 10.0 Å². The molecule has 0 spiro atoms. The second kappa shape index (κ2) is 5.47. The van der Waals surface area contributed by atoms with Crippen LogP contribution in [0.25, 0.3) is 0 Å². The van der Waals surface area contributed by atoms with Crippen LogP contribution in [0.3, 0.4) is 0 Å². The van der Waals surface area contributed by atoms with Gasteiger partial charge in [0.05, 0.1) is 9.79 Å². The molecule has 2 rings (SSSR count). The summed E-state index contributed by atoms with van der Waals surface area (Å²) in [5.74, 6) is 0.132. The number of nitrogens with two attached hydrogens (primary N) is 1. The van der Waals surface area contributed by atoms with Crippen LogP contribution in [-0.2, 0) is 26.5 Å². The van der Waals surface area contributed by atoms with Crippen molar-refractivity contribution in [3.63, 3.8) is 0 Å². The highest BCUT2D eigenvalue weighted by Gasteiger charge is 2.18. The highest BCUT2D eigenvalue weighted by Crippen LogP contribution is 2.18. The molecule has 10 heteroatoms. The fraction of sp³-hybridized carbons (Fsp3) is 0.182. The van der Waals surface area contributed by atoms with Gasteiger partial charge in [0.2, 0.25) is 10.0 Å². The summed E-state index contributed by atoms with van der Waals surface area (Å²) in [6.45, 7) is 1.89. The first-order chi connectivity index (χ1) is 9.72. The summed E-state index contributed by atoms with van der Waals surface area (Å²) in [4.78, 5) is -0.489. The van der Waals surface area contributed by atoms with Crippen LogP contribution in [0, 0.1) is 0 Å². The van der Waals surface area contributed by atoms with E-state index in [-0.39, 0.29) is 15.6 Å². The maximum atomic E-state index is 12.2. The molecule has 21 heavy (non-hydrogen) atoms. The molecule has 0 atom stereocenters. The van der Waals surface area contributed by atoms with Crippen LogP contribution in [0.15, 0.2) is 40.1 Å². The molecule has 0 unspecified atom stereocenters. The smallest absolute Gasteiger partial charge is 0.263 e. The maximum Gasteiger partial charge on any atom is 0.263 e. The highest BCUT2D eigenvalue weighted by atomic mass is 32.2. The van der Waals surface area contributed by atoms with Gasteiger partial charge in [-0.05, 0) is 24.6 Å². The number of rotatable bonds is 5. The molecule has 0 saturated carbocycles. The first-order valence-corrected chi connectivity index (χ1v) is 8.95. The lowest BCUT2D eigenvalue weighted by Gasteiger charge is -2.06. The van der Waals surface area contributed by atoms with Gasteiger partial charge >= 0.3 is 0 Å². The molecule has 0 aliphatic heterocycles. The van der Waals surface area contributed by atoms with Gasteiger partial charge in [-0.2, -0.15) is 5.10 Å². The second-order valence-corrected chi connectivity index (χ2v) is 7.50. The van der Waals surface area contributed by atoms with E-state index in [1.54, 1.807) is 6.07 Å². The molecule has 4 N–H and O–H groups in total. The van der Waals surface area contributed by atoms with Crippen molar-refractivity contribution in [1.82, 2.24) is 10.2 Å². The molecule has 0 saturated heterocycles. The van der Waals surface area contributed by atoms with E-state index in [2.05, 4.69) is 14.9 Å². The molecule has 1 aromatic heterocycles. The molecule has 0 aliphatic rings. The summed E-state index contributed by atoms with van der Waals surface area (Å²) in [7, 11) is -7.92. The molecule has 0 amide bonds. The molecule has 0 bridgehead atoms. The number of aromatic amines is 1. The third kappa shape index (κ3) is 3.60. The van der Waals surface area contributed by atoms with Gasteiger partial charge in [0.1, 0.15) is 0 Å². The van der Waals surface area contributed by atoms with Crippen LogP contribution >= 0.6 is 0 Å². The number of hydrogen-bond donors (Lipinski definition) is 3. The van der Waals surface area contributed by atoms with Gasteiger partial charge in [-0.25, -0.2) is 22.0 Å². The zero-order valence-electron chi connectivity index (χ0n) is 11.1. The van der Waals surface area contributed by atoms with E-state index >= 15 is 0 Å². The predicted octanol–water partition coefficient (Wildman–Crippen LogP) is 0.420. The van der Waals surface area contributed by atoms with E-state index in [9.17, 15) is 16.8 Å². The van der Waals surface area contributed by atoms with Gasteiger partial charge in [0.15, 0.2) is 5.82 Å². The number of H-pyrrole nitrogens is 1. The van der Waals surface area contributed by atoms with Crippen molar-refractivity contribution in [2.75, 3.05) is 4.72 Å². The van der Waals surface area contributed by atoms with Gasteiger partial charge in [-0.1, -0.05) is 13.0 Å². The van der Waals surface area contributed by atoms with Crippen LogP contribution in [0.4, 0.5) is 5.82 Å². The van der Waals surface area contributed by atoms with E-state index in [1.165, 1.54) is 18.2 Å². The minimum absolute atomic E-state index is 0.132. The molecular formula is C11H14N4O4S2. The monoisotopic (exact) mass is 330 g/mol. The van der Waals surface area contributed by atoms with Crippen molar-refractivity contribution in [3.05, 3.63) is 36.0 Å². The number of nitrogens with one attached hydrogen (secondary N) is 2. The van der Waals surface area contributed by atoms with Crippen molar-refractivity contribution in [1.29, 1.82) is 0 Å². The molecule has 114 valence electrons. The lowest BCUT2D eigenvalue weighted by Crippen LogP contribution is -2.16. The quantitative estimate of drug-likeness (QED) is 0.730. The third-order valence-corrected chi connectivity index (χ3v) is 4.96. The highest BCUT2D eigenvalue weighted by molar-refractivity contribution is 7.92. The van der Waals surface area contributed by atoms with Crippen LogP contribution in [0.2, 0.25) is 0 Å². The summed E-state index contributed by atoms with van der Waals surface area (Å²) in [5.41, 5.74) is 0.769. The van der Waals surface area contributed by atoms with Crippen molar-refractivity contribution in [2.45, 2.75) is 23.1 Å². The Labute approximate surface area is 122 Å². The predicted molar refractivity (Wildman–Crippen MR) is 76.6 cm³/mol. The molecule has 8 nitrogen and oxygen atoms in total. The Balaban J connectivity index is 2.35. The number of primary sulfonamides is 1. The Morgan fingerprint density at radius 2 is 1.86 bits per heavy atom. The van der Waals surface area contributed by atoms with E-state index in [4.69, 9.17) is 5.14 Å².